The standard InChI is InChI=1S/C21H22N4O2/c22-15-17-9-6-10-18(13-17)23-21(27)24-19(14-16-7-2-1-3-8-16)20(26)25-11-4-5-12-25/h1-3,6-10,13,19H,4-5,11-12,14H2,(H2,23,24,27)/t19-/m1/s1. The molecule has 0 unspecified atom stereocenters. The van der Waals surface area contributed by atoms with Crippen molar-refractivity contribution < 1.29 is 9.59 Å². The third kappa shape index (κ3) is 5.08. The molecule has 3 rings (SSSR count). The van der Waals surface area contributed by atoms with Crippen molar-refractivity contribution in [3.05, 3.63) is 65.7 Å². The molecule has 0 aromatic heterocycles. The molecule has 1 atom stereocenters. The minimum atomic E-state index is -0.635. The van der Waals surface area contributed by atoms with Gasteiger partial charge in [0.15, 0.2) is 0 Å². The largest absolute Gasteiger partial charge is 0.341 e. The van der Waals surface area contributed by atoms with Crippen LogP contribution in [-0.2, 0) is 11.2 Å². The van der Waals surface area contributed by atoms with Crippen LogP contribution in [0.4, 0.5) is 10.5 Å². The molecule has 0 saturated carbocycles. The van der Waals surface area contributed by atoms with Crippen molar-refractivity contribution in [3.8, 4) is 6.07 Å². The molecule has 0 radical (unpaired) electrons. The van der Waals surface area contributed by atoms with Gasteiger partial charge < -0.3 is 15.5 Å². The second-order valence-corrected chi connectivity index (χ2v) is 6.57. The van der Waals surface area contributed by atoms with Gasteiger partial charge in [0.1, 0.15) is 6.04 Å². The van der Waals surface area contributed by atoms with Gasteiger partial charge in [-0.15, -0.1) is 0 Å². The number of likely N-dealkylation sites (tertiary alicyclic amines) is 1. The van der Waals surface area contributed by atoms with E-state index < -0.39 is 12.1 Å². The molecule has 2 aromatic carbocycles. The minimum absolute atomic E-state index is 0.0581. The van der Waals surface area contributed by atoms with E-state index in [0.29, 0.717) is 17.7 Å². The molecule has 1 heterocycles. The molecular formula is C21H22N4O2. The summed E-state index contributed by atoms with van der Waals surface area (Å²) in [5.41, 5.74) is 1.96. The van der Waals surface area contributed by atoms with Crippen LogP contribution < -0.4 is 10.6 Å². The van der Waals surface area contributed by atoms with Crippen molar-refractivity contribution in [2.24, 2.45) is 0 Å². The number of urea groups is 1. The number of nitrogens with zero attached hydrogens (tertiary/aromatic N) is 2. The Labute approximate surface area is 158 Å². The van der Waals surface area contributed by atoms with Crippen molar-refractivity contribution in [1.29, 1.82) is 5.26 Å². The molecule has 27 heavy (non-hydrogen) atoms. The summed E-state index contributed by atoms with van der Waals surface area (Å²) >= 11 is 0. The summed E-state index contributed by atoms with van der Waals surface area (Å²) in [5.74, 6) is -0.0581. The van der Waals surface area contributed by atoms with E-state index >= 15 is 0 Å². The van der Waals surface area contributed by atoms with Gasteiger partial charge >= 0.3 is 6.03 Å². The van der Waals surface area contributed by atoms with E-state index in [2.05, 4.69) is 10.6 Å². The van der Waals surface area contributed by atoms with Crippen LogP contribution in [0.1, 0.15) is 24.0 Å². The molecule has 2 N–H and O–H groups in total. The van der Waals surface area contributed by atoms with E-state index in [1.807, 2.05) is 41.3 Å². The second kappa shape index (κ2) is 8.86. The Morgan fingerprint density at radius 1 is 1.07 bits per heavy atom. The monoisotopic (exact) mass is 362 g/mol. The van der Waals surface area contributed by atoms with Crippen LogP contribution in [0, 0.1) is 11.3 Å². The van der Waals surface area contributed by atoms with Gasteiger partial charge in [0.25, 0.3) is 0 Å². The molecule has 138 valence electrons. The third-order valence-corrected chi connectivity index (χ3v) is 4.55. The molecule has 1 aliphatic rings. The molecule has 1 fully saturated rings. The zero-order chi connectivity index (χ0) is 19.1. The summed E-state index contributed by atoms with van der Waals surface area (Å²) in [5, 5.41) is 14.5. The topological polar surface area (TPSA) is 85.2 Å². The zero-order valence-corrected chi connectivity index (χ0v) is 15.0. The lowest BCUT2D eigenvalue weighted by molar-refractivity contribution is -0.132. The van der Waals surface area contributed by atoms with Crippen molar-refractivity contribution in [3.63, 3.8) is 0 Å². The smallest absolute Gasteiger partial charge is 0.319 e. The number of nitriles is 1. The van der Waals surface area contributed by atoms with Crippen LogP contribution >= 0.6 is 0 Å². The zero-order valence-electron chi connectivity index (χ0n) is 15.0. The number of carbonyl (C=O) groups is 2. The molecule has 1 saturated heterocycles. The Hall–Kier alpha value is -3.33. The number of carbonyl (C=O) groups excluding carboxylic acids is 2. The van der Waals surface area contributed by atoms with E-state index in [4.69, 9.17) is 5.26 Å². The van der Waals surface area contributed by atoms with Crippen molar-refractivity contribution in [1.82, 2.24) is 10.2 Å². The predicted molar refractivity (Wildman–Crippen MR) is 103 cm³/mol. The van der Waals surface area contributed by atoms with Gasteiger partial charge in [0.2, 0.25) is 5.91 Å². The molecule has 3 amide bonds. The van der Waals surface area contributed by atoms with Gasteiger partial charge in [0, 0.05) is 25.2 Å². The molecule has 1 aliphatic heterocycles. The highest BCUT2D eigenvalue weighted by atomic mass is 16.2. The quantitative estimate of drug-likeness (QED) is 0.858. The fraction of sp³-hybridized carbons (Fsp3) is 0.286. The highest BCUT2D eigenvalue weighted by molar-refractivity contribution is 5.94. The van der Waals surface area contributed by atoms with Gasteiger partial charge in [-0.3, -0.25) is 4.79 Å². The maximum Gasteiger partial charge on any atom is 0.319 e. The van der Waals surface area contributed by atoms with Crippen molar-refractivity contribution >= 4 is 17.6 Å². The summed E-state index contributed by atoms with van der Waals surface area (Å²) in [6.07, 6.45) is 2.43. The van der Waals surface area contributed by atoms with Gasteiger partial charge in [0.05, 0.1) is 11.6 Å². The van der Waals surface area contributed by atoms with Crippen LogP contribution in [0.25, 0.3) is 0 Å². The molecule has 0 bridgehead atoms. The number of nitrogens with one attached hydrogen (secondary N) is 2. The van der Waals surface area contributed by atoms with Crippen LogP contribution in [0.3, 0.4) is 0 Å². The number of benzene rings is 2. The van der Waals surface area contributed by atoms with Crippen molar-refractivity contribution in [2.75, 3.05) is 18.4 Å². The summed E-state index contributed by atoms with van der Waals surface area (Å²) in [4.78, 5) is 27.1. The lowest BCUT2D eigenvalue weighted by Crippen LogP contribution is -2.50. The van der Waals surface area contributed by atoms with Gasteiger partial charge in [-0.05, 0) is 36.6 Å². The summed E-state index contributed by atoms with van der Waals surface area (Å²) in [7, 11) is 0. The Bertz CT molecular complexity index is 839. The van der Waals surface area contributed by atoms with E-state index in [1.165, 1.54) is 0 Å². The summed E-state index contributed by atoms with van der Waals surface area (Å²) in [6.45, 7) is 1.47. The highest BCUT2D eigenvalue weighted by Gasteiger charge is 2.28. The summed E-state index contributed by atoms with van der Waals surface area (Å²) < 4.78 is 0. The van der Waals surface area contributed by atoms with Gasteiger partial charge in [-0.2, -0.15) is 5.26 Å². The Balaban J connectivity index is 1.70. The van der Waals surface area contributed by atoms with Gasteiger partial charge in [-0.1, -0.05) is 36.4 Å². The fourth-order valence-electron chi connectivity index (χ4n) is 3.20. The molecule has 6 heteroatoms. The number of amides is 3. The highest BCUT2D eigenvalue weighted by Crippen LogP contribution is 2.13. The predicted octanol–water partition coefficient (Wildman–Crippen LogP) is 2.91. The van der Waals surface area contributed by atoms with Crippen molar-refractivity contribution in [2.45, 2.75) is 25.3 Å². The van der Waals surface area contributed by atoms with E-state index in [-0.39, 0.29) is 5.91 Å². The van der Waals surface area contributed by atoms with Gasteiger partial charge in [-0.25, -0.2) is 4.79 Å². The van der Waals surface area contributed by atoms with E-state index in [1.54, 1.807) is 24.3 Å². The van der Waals surface area contributed by atoms with Crippen LogP contribution in [0.15, 0.2) is 54.6 Å². The first-order valence-electron chi connectivity index (χ1n) is 9.06. The van der Waals surface area contributed by atoms with Crippen LogP contribution in [-0.4, -0.2) is 36.0 Å². The first-order valence-corrected chi connectivity index (χ1v) is 9.06. The fourth-order valence-corrected chi connectivity index (χ4v) is 3.20. The first-order chi connectivity index (χ1) is 13.2. The average molecular weight is 362 g/mol. The number of hydrogen-bond donors (Lipinski definition) is 2. The van der Waals surface area contributed by atoms with E-state index in [0.717, 1.165) is 31.5 Å². The molecule has 0 spiro atoms. The normalized spacial score (nSPS) is 14.3. The lowest BCUT2D eigenvalue weighted by atomic mass is 10.0. The Morgan fingerprint density at radius 2 is 1.81 bits per heavy atom. The van der Waals surface area contributed by atoms with Crippen LogP contribution in [0.5, 0.6) is 0 Å². The van der Waals surface area contributed by atoms with Crippen LogP contribution in [0.2, 0.25) is 0 Å². The Kier molecular flexibility index (Phi) is 6.06. The number of hydrogen-bond acceptors (Lipinski definition) is 3. The Morgan fingerprint density at radius 3 is 2.52 bits per heavy atom. The summed E-state index contributed by atoms with van der Waals surface area (Å²) in [6, 6.07) is 17.2. The molecule has 6 nitrogen and oxygen atoms in total. The van der Waals surface area contributed by atoms with E-state index in [9.17, 15) is 9.59 Å². The first kappa shape index (κ1) is 18.5. The lowest BCUT2D eigenvalue weighted by Gasteiger charge is -2.24. The molecule has 0 aliphatic carbocycles. The third-order valence-electron chi connectivity index (χ3n) is 4.55. The number of anilines is 1. The SMILES string of the molecule is N#Cc1cccc(NC(=O)N[C@H](Cc2ccccc2)C(=O)N2CCCC2)c1. The molecular weight excluding hydrogens is 340 g/mol. The maximum absolute atomic E-state index is 12.9. The maximum atomic E-state index is 12.9. The molecule has 2 aromatic rings. The average Bonchev–Trinajstić information content (AvgIpc) is 3.22. The minimum Gasteiger partial charge on any atom is -0.341 e. The number of rotatable bonds is 5. The second-order valence-electron chi connectivity index (χ2n) is 6.57.